The molecule has 2 aromatic carbocycles. The standard InChI is InChI=1S/C19H20N4O/c1-22(17-6-3-2-4-7-17)15-13-20-19(24)16-8-10-18(11-9-16)23-14-5-12-21-23/h2-12,14H,13,15H2,1H3,(H,20,24). The van der Waals surface area contributed by atoms with Crippen LogP contribution in [0.25, 0.3) is 5.69 Å². The molecule has 0 aliphatic carbocycles. The zero-order chi connectivity index (χ0) is 16.8. The van der Waals surface area contributed by atoms with Crippen LogP contribution in [0.15, 0.2) is 73.1 Å². The molecule has 0 saturated carbocycles. The van der Waals surface area contributed by atoms with Crippen molar-refractivity contribution >= 4 is 11.6 Å². The van der Waals surface area contributed by atoms with E-state index >= 15 is 0 Å². The number of rotatable bonds is 6. The minimum atomic E-state index is -0.0662. The highest BCUT2D eigenvalue weighted by Crippen LogP contribution is 2.10. The van der Waals surface area contributed by atoms with Crippen LogP contribution in [0, 0.1) is 0 Å². The number of aromatic nitrogens is 2. The van der Waals surface area contributed by atoms with Crippen molar-refractivity contribution in [3.05, 3.63) is 78.6 Å². The Kier molecular flexibility index (Phi) is 4.91. The molecule has 1 amide bonds. The van der Waals surface area contributed by atoms with E-state index in [9.17, 15) is 4.79 Å². The molecular weight excluding hydrogens is 300 g/mol. The lowest BCUT2D eigenvalue weighted by Gasteiger charge is -2.19. The third-order valence-electron chi connectivity index (χ3n) is 3.83. The van der Waals surface area contributed by atoms with Crippen molar-refractivity contribution in [3.8, 4) is 5.69 Å². The van der Waals surface area contributed by atoms with Crippen LogP contribution >= 0.6 is 0 Å². The molecular formula is C19H20N4O. The predicted octanol–water partition coefficient (Wildman–Crippen LogP) is 2.74. The number of benzene rings is 2. The van der Waals surface area contributed by atoms with Crippen LogP contribution < -0.4 is 10.2 Å². The van der Waals surface area contributed by atoms with E-state index < -0.39 is 0 Å². The fourth-order valence-corrected chi connectivity index (χ4v) is 2.44. The van der Waals surface area contributed by atoms with Gasteiger partial charge in [0.05, 0.1) is 5.69 Å². The summed E-state index contributed by atoms with van der Waals surface area (Å²) in [6, 6.07) is 19.4. The second-order valence-electron chi connectivity index (χ2n) is 5.51. The molecule has 0 fully saturated rings. The van der Waals surface area contributed by atoms with E-state index in [0.717, 1.165) is 17.9 Å². The van der Waals surface area contributed by atoms with Gasteiger partial charge in [-0.15, -0.1) is 0 Å². The quantitative estimate of drug-likeness (QED) is 0.760. The average molecular weight is 320 g/mol. The molecule has 1 N–H and O–H groups in total. The summed E-state index contributed by atoms with van der Waals surface area (Å²) in [6.07, 6.45) is 3.60. The molecule has 3 aromatic rings. The number of amides is 1. The Balaban J connectivity index is 1.52. The van der Waals surface area contributed by atoms with Gasteiger partial charge in [-0.2, -0.15) is 5.10 Å². The molecule has 0 aliphatic rings. The van der Waals surface area contributed by atoms with Gasteiger partial charge in [-0.05, 0) is 42.5 Å². The summed E-state index contributed by atoms with van der Waals surface area (Å²) < 4.78 is 1.76. The van der Waals surface area contributed by atoms with Crippen LogP contribution in [0.5, 0.6) is 0 Å². The summed E-state index contributed by atoms with van der Waals surface area (Å²) >= 11 is 0. The monoisotopic (exact) mass is 320 g/mol. The zero-order valence-corrected chi connectivity index (χ0v) is 13.6. The van der Waals surface area contributed by atoms with Crippen molar-refractivity contribution in [3.63, 3.8) is 0 Å². The fraction of sp³-hybridized carbons (Fsp3) is 0.158. The summed E-state index contributed by atoms with van der Waals surface area (Å²) in [5, 5.41) is 7.12. The molecule has 0 bridgehead atoms. The van der Waals surface area contributed by atoms with Crippen molar-refractivity contribution in [1.29, 1.82) is 0 Å². The minimum absolute atomic E-state index is 0.0662. The molecule has 1 heterocycles. The summed E-state index contributed by atoms with van der Waals surface area (Å²) in [7, 11) is 2.01. The van der Waals surface area contributed by atoms with Gasteiger partial charge >= 0.3 is 0 Å². The molecule has 0 spiro atoms. The number of nitrogens with zero attached hydrogens (tertiary/aromatic N) is 3. The molecule has 122 valence electrons. The fourth-order valence-electron chi connectivity index (χ4n) is 2.44. The van der Waals surface area contributed by atoms with Gasteiger partial charge in [0.25, 0.3) is 5.91 Å². The third-order valence-corrected chi connectivity index (χ3v) is 3.83. The summed E-state index contributed by atoms with van der Waals surface area (Å²) in [6.45, 7) is 1.34. The maximum atomic E-state index is 12.2. The first-order chi connectivity index (χ1) is 11.7. The lowest BCUT2D eigenvalue weighted by atomic mass is 10.2. The molecule has 0 aliphatic heterocycles. The molecule has 0 unspecified atom stereocenters. The number of hydrogen-bond acceptors (Lipinski definition) is 3. The predicted molar refractivity (Wildman–Crippen MR) is 95.6 cm³/mol. The topological polar surface area (TPSA) is 50.2 Å². The van der Waals surface area contributed by atoms with Gasteiger partial charge < -0.3 is 10.2 Å². The van der Waals surface area contributed by atoms with Crippen molar-refractivity contribution in [1.82, 2.24) is 15.1 Å². The van der Waals surface area contributed by atoms with Crippen molar-refractivity contribution in [2.75, 3.05) is 25.0 Å². The van der Waals surface area contributed by atoms with E-state index in [1.54, 1.807) is 10.9 Å². The highest BCUT2D eigenvalue weighted by molar-refractivity contribution is 5.94. The second kappa shape index (κ2) is 7.46. The SMILES string of the molecule is CN(CCNC(=O)c1ccc(-n2cccn2)cc1)c1ccccc1. The Morgan fingerprint density at radius 1 is 1.08 bits per heavy atom. The normalized spacial score (nSPS) is 10.4. The number of anilines is 1. The molecule has 3 rings (SSSR count). The van der Waals surface area contributed by atoms with Crippen LogP contribution in [-0.4, -0.2) is 35.8 Å². The van der Waals surface area contributed by atoms with Gasteiger partial charge in [0.2, 0.25) is 0 Å². The van der Waals surface area contributed by atoms with Gasteiger partial charge in [0, 0.05) is 43.8 Å². The van der Waals surface area contributed by atoms with Gasteiger partial charge in [-0.1, -0.05) is 18.2 Å². The maximum absolute atomic E-state index is 12.2. The summed E-state index contributed by atoms with van der Waals surface area (Å²) in [5.74, 6) is -0.0662. The van der Waals surface area contributed by atoms with E-state index in [1.807, 2.05) is 61.8 Å². The summed E-state index contributed by atoms with van der Waals surface area (Å²) in [5.41, 5.74) is 2.71. The minimum Gasteiger partial charge on any atom is -0.373 e. The van der Waals surface area contributed by atoms with E-state index in [-0.39, 0.29) is 5.91 Å². The Morgan fingerprint density at radius 3 is 2.50 bits per heavy atom. The van der Waals surface area contributed by atoms with Gasteiger partial charge in [-0.3, -0.25) is 4.79 Å². The molecule has 1 aromatic heterocycles. The Morgan fingerprint density at radius 2 is 1.83 bits per heavy atom. The van der Waals surface area contributed by atoms with Crippen LogP contribution in [0.2, 0.25) is 0 Å². The molecule has 5 nitrogen and oxygen atoms in total. The number of hydrogen-bond donors (Lipinski definition) is 1. The molecule has 0 atom stereocenters. The van der Waals surface area contributed by atoms with E-state index in [2.05, 4.69) is 27.4 Å². The third kappa shape index (κ3) is 3.81. The first kappa shape index (κ1) is 15.8. The van der Waals surface area contributed by atoms with Gasteiger partial charge in [-0.25, -0.2) is 4.68 Å². The Labute approximate surface area is 141 Å². The van der Waals surface area contributed by atoms with Crippen molar-refractivity contribution < 1.29 is 4.79 Å². The maximum Gasteiger partial charge on any atom is 0.251 e. The number of likely N-dealkylation sites (N-methyl/N-ethyl adjacent to an activating group) is 1. The summed E-state index contributed by atoms with van der Waals surface area (Å²) in [4.78, 5) is 14.3. The number of para-hydroxylation sites is 1. The molecule has 5 heteroatoms. The molecule has 24 heavy (non-hydrogen) atoms. The Bertz CT molecular complexity index is 767. The average Bonchev–Trinajstić information content (AvgIpc) is 3.17. The lowest BCUT2D eigenvalue weighted by Crippen LogP contribution is -2.32. The highest BCUT2D eigenvalue weighted by atomic mass is 16.1. The van der Waals surface area contributed by atoms with Crippen molar-refractivity contribution in [2.45, 2.75) is 0 Å². The van der Waals surface area contributed by atoms with E-state index in [0.29, 0.717) is 12.1 Å². The van der Waals surface area contributed by atoms with Gasteiger partial charge in [0.15, 0.2) is 0 Å². The number of carbonyl (C=O) groups excluding carboxylic acids is 1. The first-order valence-electron chi connectivity index (χ1n) is 7.88. The Hall–Kier alpha value is -3.08. The van der Waals surface area contributed by atoms with Crippen LogP contribution in [0.4, 0.5) is 5.69 Å². The second-order valence-corrected chi connectivity index (χ2v) is 5.51. The smallest absolute Gasteiger partial charge is 0.251 e. The lowest BCUT2D eigenvalue weighted by molar-refractivity contribution is 0.0955. The van der Waals surface area contributed by atoms with Crippen LogP contribution in [-0.2, 0) is 0 Å². The zero-order valence-electron chi connectivity index (χ0n) is 13.6. The van der Waals surface area contributed by atoms with Crippen LogP contribution in [0.3, 0.4) is 0 Å². The molecule has 0 saturated heterocycles. The highest BCUT2D eigenvalue weighted by Gasteiger charge is 2.06. The van der Waals surface area contributed by atoms with E-state index in [4.69, 9.17) is 0 Å². The molecule has 0 radical (unpaired) electrons. The van der Waals surface area contributed by atoms with E-state index in [1.165, 1.54) is 0 Å². The van der Waals surface area contributed by atoms with Crippen LogP contribution in [0.1, 0.15) is 10.4 Å². The number of nitrogens with one attached hydrogen (secondary N) is 1. The largest absolute Gasteiger partial charge is 0.373 e. The first-order valence-corrected chi connectivity index (χ1v) is 7.88. The van der Waals surface area contributed by atoms with Gasteiger partial charge in [0.1, 0.15) is 0 Å². The van der Waals surface area contributed by atoms with Crippen molar-refractivity contribution in [2.24, 2.45) is 0 Å². The number of carbonyl (C=O) groups is 1.